The van der Waals surface area contributed by atoms with Crippen molar-refractivity contribution in [3.8, 4) is 0 Å². The Bertz CT molecular complexity index is 39.4. The van der Waals surface area contributed by atoms with Crippen molar-refractivity contribution in [3.63, 3.8) is 0 Å². The van der Waals surface area contributed by atoms with Crippen LogP contribution in [0.15, 0.2) is 25.3 Å². The van der Waals surface area contributed by atoms with Crippen LogP contribution in [0.25, 0.3) is 0 Å². The molecule has 0 spiro atoms. The van der Waals surface area contributed by atoms with E-state index in [2.05, 4.69) is 13.2 Å². The Morgan fingerprint density at radius 2 is 1.71 bits per heavy atom. The lowest BCUT2D eigenvalue weighted by Gasteiger charge is -1.55. The number of alkyl halides is 1. The first-order valence-electron chi connectivity index (χ1n) is 2.07. The summed E-state index contributed by atoms with van der Waals surface area (Å²) in [5.41, 5.74) is 0. The van der Waals surface area contributed by atoms with Crippen LogP contribution in [0, 0.1) is 0 Å². The molecule has 1 heteroatoms. The van der Waals surface area contributed by atoms with Gasteiger partial charge in [0.2, 0.25) is 0 Å². The normalized spacial score (nSPS) is 5.43. The molecule has 42 valence electrons. The SMILES string of the molecule is C=CC.C=CCCl. The van der Waals surface area contributed by atoms with E-state index in [-0.39, 0.29) is 0 Å². The molecule has 0 saturated carbocycles. The van der Waals surface area contributed by atoms with Crippen LogP contribution in [0.3, 0.4) is 0 Å². The van der Waals surface area contributed by atoms with Crippen molar-refractivity contribution < 1.29 is 0 Å². The fourth-order valence-electron chi connectivity index (χ4n) is 0. The minimum Gasteiger partial charge on any atom is -0.122 e. The Labute approximate surface area is 50.5 Å². The topological polar surface area (TPSA) is 0 Å². The van der Waals surface area contributed by atoms with E-state index in [1.54, 1.807) is 12.2 Å². The average Bonchev–Trinajstić information content (AvgIpc) is 1.69. The summed E-state index contributed by atoms with van der Waals surface area (Å²) in [6.07, 6.45) is 3.39. The summed E-state index contributed by atoms with van der Waals surface area (Å²) in [6.45, 7) is 8.60. The zero-order valence-electron chi connectivity index (χ0n) is 4.65. The smallest absolute Gasteiger partial charge is 0.0401 e. The third-order valence-corrected chi connectivity index (χ3v) is 0.327. The van der Waals surface area contributed by atoms with E-state index in [4.69, 9.17) is 11.6 Å². The molecule has 0 aromatic carbocycles. The van der Waals surface area contributed by atoms with Gasteiger partial charge in [-0.05, 0) is 6.92 Å². The van der Waals surface area contributed by atoms with Crippen LogP contribution in [-0.2, 0) is 0 Å². The Balaban J connectivity index is 0. The molecule has 0 nitrogen and oxygen atoms in total. The van der Waals surface area contributed by atoms with Crippen LogP contribution in [0.1, 0.15) is 6.92 Å². The first-order valence-corrected chi connectivity index (χ1v) is 2.60. The maximum atomic E-state index is 5.07. The second-order valence-electron chi connectivity index (χ2n) is 0.851. The van der Waals surface area contributed by atoms with Crippen LogP contribution in [0.5, 0.6) is 0 Å². The molecule has 0 fully saturated rings. The van der Waals surface area contributed by atoms with Crippen LogP contribution in [-0.4, -0.2) is 5.88 Å². The molecule has 0 aromatic heterocycles. The van der Waals surface area contributed by atoms with Gasteiger partial charge in [-0.15, -0.1) is 24.8 Å². The molecule has 0 bridgehead atoms. The highest BCUT2D eigenvalue weighted by molar-refractivity contribution is 6.18. The van der Waals surface area contributed by atoms with Gasteiger partial charge in [-0.1, -0.05) is 12.2 Å². The van der Waals surface area contributed by atoms with Crippen molar-refractivity contribution in [3.05, 3.63) is 25.3 Å². The Morgan fingerprint density at radius 3 is 1.71 bits per heavy atom. The van der Waals surface area contributed by atoms with Crippen LogP contribution >= 0.6 is 11.6 Å². The Kier molecular flexibility index (Phi) is 24.2. The predicted octanol–water partition coefficient (Wildman–Crippen LogP) is 2.60. The molecular weight excluding hydrogens is 108 g/mol. The van der Waals surface area contributed by atoms with Gasteiger partial charge in [-0.2, -0.15) is 0 Å². The lowest BCUT2D eigenvalue weighted by atomic mass is 10.8. The van der Waals surface area contributed by atoms with Crippen LogP contribution in [0.4, 0.5) is 0 Å². The molecule has 0 saturated heterocycles. The lowest BCUT2D eigenvalue weighted by Crippen LogP contribution is -1.45. The van der Waals surface area contributed by atoms with E-state index in [9.17, 15) is 0 Å². The molecule has 0 aliphatic heterocycles. The first-order chi connectivity index (χ1) is 3.33. The first kappa shape index (κ1) is 9.91. The van der Waals surface area contributed by atoms with Gasteiger partial charge in [0.15, 0.2) is 0 Å². The highest BCUT2D eigenvalue weighted by Gasteiger charge is 1.48. The Morgan fingerprint density at radius 1 is 1.57 bits per heavy atom. The zero-order chi connectivity index (χ0) is 6.12. The summed E-state index contributed by atoms with van der Waals surface area (Å²) >= 11 is 5.07. The second-order valence-corrected chi connectivity index (χ2v) is 1.16. The molecule has 0 unspecified atom stereocenters. The fourth-order valence-corrected chi connectivity index (χ4v) is 0. The molecule has 0 atom stereocenters. The summed E-state index contributed by atoms with van der Waals surface area (Å²) in [7, 11) is 0. The van der Waals surface area contributed by atoms with Crippen molar-refractivity contribution in [1.29, 1.82) is 0 Å². The van der Waals surface area contributed by atoms with Crippen LogP contribution < -0.4 is 0 Å². The van der Waals surface area contributed by atoms with Crippen molar-refractivity contribution in [1.82, 2.24) is 0 Å². The second kappa shape index (κ2) is 17.1. The molecule has 7 heavy (non-hydrogen) atoms. The summed E-state index contributed by atoms with van der Waals surface area (Å²) in [5.74, 6) is 0.556. The number of rotatable bonds is 1. The largest absolute Gasteiger partial charge is 0.122 e. The highest BCUT2D eigenvalue weighted by atomic mass is 35.5. The average molecular weight is 119 g/mol. The predicted molar refractivity (Wildman–Crippen MR) is 36.8 cm³/mol. The number of hydrogen-bond donors (Lipinski definition) is 0. The minimum atomic E-state index is 0.556. The highest BCUT2D eigenvalue weighted by Crippen LogP contribution is 1.67. The summed E-state index contributed by atoms with van der Waals surface area (Å²) < 4.78 is 0. The fraction of sp³-hybridized carbons (Fsp3) is 0.333. The van der Waals surface area contributed by atoms with Crippen molar-refractivity contribution in [2.45, 2.75) is 6.92 Å². The van der Waals surface area contributed by atoms with Gasteiger partial charge in [0.1, 0.15) is 0 Å². The van der Waals surface area contributed by atoms with Gasteiger partial charge in [-0.3, -0.25) is 0 Å². The van der Waals surface area contributed by atoms with Crippen molar-refractivity contribution in [2.24, 2.45) is 0 Å². The summed E-state index contributed by atoms with van der Waals surface area (Å²) in [5, 5.41) is 0. The molecule has 0 heterocycles. The van der Waals surface area contributed by atoms with E-state index >= 15 is 0 Å². The zero-order valence-corrected chi connectivity index (χ0v) is 5.41. The third kappa shape index (κ3) is 138. The number of allylic oxidation sites excluding steroid dienone is 2. The monoisotopic (exact) mass is 118 g/mol. The lowest BCUT2D eigenvalue weighted by molar-refractivity contribution is 1.80. The third-order valence-electron chi connectivity index (χ3n) is 0.109. The quantitative estimate of drug-likeness (QED) is 0.367. The molecule has 0 N–H and O–H groups in total. The van der Waals surface area contributed by atoms with E-state index in [0.29, 0.717) is 5.88 Å². The van der Waals surface area contributed by atoms with Gasteiger partial charge in [0, 0.05) is 5.88 Å². The summed E-state index contributed by atoms with van der Waals surface area (Å²) in [4.78, 5) is 0. The number of halogens is 1. The van der Waals surface area contributed by atoms with E-state index in [1.165, 1.54) is 0 Å². The van der Waals surface area contributed by atoms with Gasteiger partial charge in [0.05, 0.1) is 0 Å². The molecule has 0 radical (unpaired) electrons. The van der Waals surface area contributed by atoms with E-state index in [0.717, 1.165) is 0 Å². The molecule has 0 rings (SSSR count). The van der Waals surface area contributed by atoms with Crippen molar-refractivity contribution in [2.75, 3.05) is 5.88 Å². The molecule has 0 aliphatic rings. The van der Waals surface area contributed by atoms with Gasteiger partial charge in [-0.25, -0.2) is 0 Å². The van der Waals surface area contributed by atoms with E-state index in [1.807, 2.05) is 6.92 Å². The molecule has 0 aliphatic carbocycles. The standard InChI is InChI=1S/C3H5Cl.C3H6/c1-2-3-4;1-3-2/h2H,1,3H2;3H,1H2,2H3. The van der Waals surface area contributed by atoms with Gasteiger partial charge >= 0.3 is 0 Å². The van der Waals surface area contributed by atoms with Crippen LogP contribution in [0.2, 0.25) is 0 Å². The maximum Gasteiger partial charge on any atom is 0.0401 e. The minimum absolute atomic E-state index is 0.556. The molecule has 0 aromatic rings. The van der Waals surface area contributed by atoms with Crippen molar-refractivity contribution >= 4 is 11.6 Å². The van der Waals surface area contributed by atoms with Gasteiger partial charge < -0.3 is 0 Å². The molecular formula is C6H11Cl. The Hall–Kier alpha value is -0.230. The maximum absolute atomic E-state index is 5.07. The molecule has 0 amide bonds. The number of hydrogen-bond acceptors (Lipinski definition) is 0. The van der Waals surface area contributed by atoms with E-state index < -0.39 is 0 Å². The van der Waals surface area contributed by atoms with Gasteiger partial charge in [0.25, 0.3) is 0 Å². The summed E-state index contributed by atoms with van der Waals surface area (Å²) in [6, 6.07) is 0.